The largest absolute Gasteiger partial charge is 0.481 e. The van der Waals surface area contributed by atoms with E-state index in [9.17, 15) is 14.7 Å². The van der Waals surface area contributed by atoms with Crippen molar-refractivity contribution in [2.24, 2.45) is 5.92 Å². The number of benzene rings is 1. The van der Waals surface area contributed by atoms with E-state index in [-0.39, 0.29) is 12.5 Å². The lowest BCUT2D eigenvalue weighted by Crippen LogP contribution is -2.42. The van der Waals surface area contributed by atoms with Crippen molar-refractivity contribution >= 4 is 17.6 Å². The molecule has 0 spiro atoms. The van der Waals surface area contributed by atoms with Crippen molar-refractivity contribution in [1.29, 1.82) is 0 Å². The van der Waals surface area contributed by atoms with Gasteiger partial charge in [-0.2, -0.15) is 0 Å². The Bertz CT molecular complexity index is 502. The van der Waals surface area contributed by atoms with Gasteiger partial charge in [0.1, 0.15) is 0 Å². The highest BCUT2D eigenvalue weighted by Crippen LogP contribution is 2.30. The first-order chi connectivity index (χ1) is 9.63. The SMILES string of the molecule is CNCCCC(=O)N1CC(C(=O)O)Cc2ccccc21. The van der Waals surface area contributed by atoms with Gasteiger partial charge in [0, 0.05) is 18.7 Å². The number of anilines is 1. The summed E-state index contributed by atoms with van der Waals surface area (Å²) in [5.41, 5.74) is 1.80. The van der Waals surface area contributed by atoms with Crippen molar-refractivity contribution in [2.45, 2.75) is 19.3 Å². The number of carboxylic acids is 1. The van der Waals surface area contributed by atoms with Gasteiger partial charge in [-0.3, -0.25) is 9.59 Å². The van der Waals surface area contributed by atoms with E-state index in [0.29, 0.717) is 12.8 Å². The summed E-state index contributed by atoms with van der Waals surface area (Å²) >= 11 is 0. The van der Waals surface area contributed by atoms with Crippen LogP contribution in [0.15, 0.2) is 24.3 Å². The predicted molar refractivity (Wildman–Crippen MR) is 76.8 cm³/mol. The number of fused-ring (bicyclic) bond motifs is 1. The van der Waals surface area contributed by atoms with Crippen LogP contribution in [0.1, 0.15) is 18.4 Å². The van der Waals surface area contributed by atoms with E-state index in [0.717, 1.165) is 24.2 Å². The van der Waals surface area contributed by atoms with Crippen LogP contribution in [-0.4, -0.2) is 37.1 Å². The second-order valence-electron chi connectivity index (χ2n) is 5.08. The van der Waals surface area contributed by atoms with Crippen LogP contribution >= 0.6 is 0 Å². The Balaban J connectivity index is 2.18. The number of hydrogen-bond donors (Lipinski definition) is 2. The number of amides is 1. The highest BCUT2D eigenvalue weighted by molar-refractivity contribution is 5.95. The lowest BCUT2D eigenvalue weighted by molar-refractivity contribution is -0.141. The van der Waals surface area contributed by atoms with E-state index >= 15 is 0 Å². The highest BCUT2D eigenvalue weighted by atomic mass is 16.4. The van der Waals surface area contributed by atoms with E-state index in [1.165, 1.54) is 0 Å². The van der Waals surface area contributed by atoms with E-state index < -0.39 is 11.9 Å². The van der Waals surface area contributed by atoms with Crippen molar-refractivity contribution in [1.82, 2.24) is 5.32 Å². The molecule has 0 bridgehead atoms. The molecule has 2 rings (SSSR count). The summed E-state index contributed by atoms with van der Waals surface area (Å²) in [6.07, 6.45) is 1.68. The molecule has 1 aliphatic heterocycles. The number of carbonyl (C=O) groups is 2. The molecule has 20 heavy (non-hydrogen) atoms. The maximum atomic E-state index is 12.3. The molecule has 1 atom stereocenters. The topological polar surface area (TPSA) is 69.6 Å². The second-order valence-corrected chi connectivity index (χ2v) is 5.08. The van der Waals surface area contributed by atoms with Gasteiger partial charge in [-0.1, -0.05) is 18.2 Å². The third-order valence-corrected chi connectivity index (χ3v) is 3.62. The van der Waals surface area contributed by atoms with Crippen molar-refractivity contribution in [3.8, 4) is 0 Å². The predicted octanol–water partition coefficient (Wildman–Crippen LogP) is 1.28. The number of nitrogens with one attached hydrogen (secondary N) is 1. The molecule has 0 aromatic heterocycles. The summed E-state index contributed by atoms with van der Waals surface area (Å²) in [6.45, 7) is 1.05. The zero-order valence-electron chi connectivity index (χ0n) is 11.6. The van der Waals surface area contributed by atoms with Gasteiger partial charge in [-0.25, -0.2) is 0 Å². The molecule has 1 aromatic rings. The summed E-state index contributed by atoms with van der Waals surface area (Å²) in [7, 11) is 1.85. The Morgan fingerprint density at radius 2 is 2.15 bits per heavy atom. The first-order valence-electron chi connectivity index (χ1n) is 6.89. The molecule has 1 amide bonds. The Morgan fingerprint density at radius 1 is 1.40 bits per heavy atom. The van der Waals surface area contributed by atoms with Crippen LogP contribution in [0.4, 0.5) is 5.69 Å². The van der Waals surface area contributed by atoms with Crippen LogP contribution in [0.3, 0.4) is 0 Å². The molecule has 1 unspecified atom stereocenters. The van der Waals surface area contributed by atoms with E-state index in [1.807, 2.05) is 31.3 Å². The van der Waals surface area contributed by atoms with Gasteiger partial charge < -0.3 is 15.3 Å². The minimum atomic E-state index is -0.840. The zero-order chi connectivity index (χ0) is 14.5. The minimum absolute atomic E-state index is 0.00125. The van der Waals surface area contributed by atoms with Crippen molar-refractivity contribution in [3.63, 3.8) is 0 Å². The van der Waals surface area contributed by atoms with Crippen molar-refractivity contribution < 1.29 is 14.7 Å². The van der Waals surface area contributed by atoms with Crippen molar-refractivity contribution in [2.75, 3.05) is 25.0 Å². The van der Waals surface area contributed by atoms with Gasteiger partial charge in [0.2, 0.25) is 5.91 Å². The third kappa shape index (κ3) is 3.17. The van der Waals surface area contributed by atoms with E-state index in [2.05, 4.69) is 5.32 Å². The zero-order valence-corrected chi connectivity index (χ0v) is 11.6. The Kier molecular flexibility index (Phi) is 4.74. The molecule has 1 aliphatic rings. The van der Waals surface area contributed by atoms with Crippen LogP contribution in [0, 0.1) is 5.92 Å². The molecule has 0 fully saturated rings. The molecule has 2 N–H and O–H groups in total. The Labute approximate surface area is 118 Å². The molecule has 1 heterocycles. The van der Waals surface area contributed by atoms with Gasteiger partial charge in [-0.05, 0) is 38.1 Å². The molecule has 108 valence electrons. The summed E-state index contributed by atoms with van der Waals surface area (Å²) in [6, 6.07) is 7.56. The minimum Gasteiger partial charge on any atom is -0.481 e. The number of para-hydroxylation sites is 1. The molecule has 0 saturated carbocycles. The lowest BCUT2D eigenvalue weighted by atomic mass is 9.92. The maximum absolute atomic E-state index is 12.3. The van der Waals surface area contributed by atoms with E-state index in [4.69, 9.17) is 0 Å². The second kappa shape index (κ2) is 6.52. The molecule has 5 heteroatoms. The van der Waals surface area contributed by atoms with Crippen molar-refractivity contribution in [3.05, 3.63) is 29.8 Å². The fraction of sp³-hybridized carbons (Fsp3) is 0.467. The molecular formula is C15H20N2O3. The number of carboxylic acid groups (broad SMARTS) is 1. The van der Waals surface area contributed by atoms with Crippen LogP contribution < -0.4 is 10.2 Å². The average Bonchev–Trinajstić information content (AvgIpc) is 2.46. The molecule has 5 nitrogen and oxygen atoms in total. The standard InChI is InChI=1S/C15H20N2O3/c1-16-8-4-7-14(18)17-10-12(15(19)20)9-11-5-2-3-6-13(11)17/h2-3,5-6,12,16H,4,7-10H2,1H3,(H,19,20). The monoisotopic (exact) mass is 276 g/mol. The van der Waals surface area contributed by atoms with Crippen LogP contribution in [0.25, 0.3) is 0 Å². The fourth-order valence-electron chi connectivity index (χ4n) is 2.55. The molecular weight excluding hydrogens is 256 g/mol. The lowest BCUT2D eigenvalue weighted by Gasteiger charge is -2.33. The fourth-order valence-corrected chi connectivity index (χ4v) is 2.55. The number of aliphatic carboxylic acids is 1. The summed E-state index contributed by atoms with van der Waals surface area (Å²) in [4.78, 5) is 25.2. The number of carbonyl (C=O) groups excluding carboxylic acids is 1. The maximum Gasteiger partial charge on any atom is 0.308 e. The number of rotatable bonds is 5. The molecule has 0 radical (unpaired) electrons. The molecule has 0 saturated heterocycles. The summed E-state index contributed by atoms with van der Waals surface area (Å²) in [5, 5.41) is 12.2. The smallest absolute Gasteiger partial charge is 0.308 e. The summed E-state index contributed by atoms with van der Waals surface area (Å²) < 4.78 is 0. The van der Waals surface area contributed by atoms with Crippen LogP contribution in [0.2, 0.25) is 0 Å². The number of nitrogens with zero attached hydrogens (tertiary/aromatic N) is 1. The van der Waals surface area contributed by atoms with Gasteiger partial charge in [0.25, 0.3) is 0 Å². The summed E-state index contributed by atoms with van der Waals surface area (Å²) in [5.74, 6) is -1.36. The first-order valence-corrected chi connectivity index (χ1v) is 6.89. The van der Waals surface area contributed by atoms with Gasteiger partial charge >= 0.3 is 5.97 Å². The first kappa shape index (κ1) is 14.5. The van der Waals surface area contributed by atoms with E-state index in [1.54, 1.807) is 4.90 Å². The van der Waals surface area contributed by atoms with Gasteiger partial charge in [0.15, 0.2) is 0 Å². The quantitative estimate of drug-likeness (QED) is 0.795. The number of hydrogen-bond acceptors (Lipinski definition) is 3. The normalized spacial score (nSPS) is 17.6. The highest BCUT2D eigenvalue weighted by Gasteiger charge is 2.31. The average molecular weight is 276 g/mol. The van der Waals surface area contributed by atoms with Gasteiger partial charge in [-0.15, -0.1) is 0 Å². The Hall–Kier alpha value is -1.88. The van der Waals surface area contributed by atoms with Crippen LogP contribution in [-0.2, 0) is 16.0 Å². The van der Waals surface area contributed by atoms with Crippen LogP contribution in [0.5, 0.6) is 0 Å². The third-order valence-electron chi connectivity index (χ3n) is 3.62. The Morgan fingerprint density at radius 3 is 2.85 bits per heavy atom. The molecule has 1 aromatic carbocycles. The molecule has 0 aliphatic carbocycles. The van der Waals surface area contributed by atoms with Gasteiger partial charge in [0.05, 0.1) is 5.92 Å².